The number of anilines is 2. The zero-order chi connectivity index (χ0) is 18.4. The van der Waals surface area contributed by atoms with E-state index in [1.807, 2.05) is 19.9 Å². The Hall–Kier alpha value is -2.63. The second kappa shape index (κ2) is 8.46. The van der Waals surface area contributed by atoms with E-state index in [0.29, 0.717) is 30.6 Å². The molecule has 1 aromatic rings. The summed E-state index contributed by atoms with van der Waals surface area (Å²) >= 11 is 0. The molecule has 0 aromatic heterocycles. The van der Waals surface area contributed by atoms with E-state index >= 15 is 0 Å². The highest BCUT2D eigenvalue weighted by Crippen LogP contribution is 2.29. The molecule has 1 aliphatic rings. The molecular formula is C19H24N2O4. The molecule has 134 valence electrons. The molecule has 2 rings (SSSR count). The van der Waals surface area contributed by atoms with Crippen LogP contribution in [0.25, 0.3) is 0 Å². The molecule has 0 aliphatic heterocycles. The third kappa shape index (κ3) is 4.68. The van der Waals surface area contributed by atoms with E-state index in [9.17, 15) is 19.5 Å². The Morgan fingerprint density at radius 1 is 1.08 bits per heavy atom. The van der Waals surface area contributed by atoms with E-state index in [1.165, 1.54) is 0 Å². The minimum absolute atomic E-state index is 0.0718. The first kappa shape index (κ1) is 18.7. The van der Waals surface area contributed by atoms with Crippen LogP contribution in [-0.4, -0.2) is 22.9 Å². The molecule has 0 spiro atoms. The number of allylic oxidation sites excluding steroid dienone is 2. The van der Waals surface area contributed by atoms with Crippen LogP contribution in [0.5, 0.6) is 0 Å². The monoisotopic (exact) mass is 344 g/mol. The van der Waals surface area contributed by atoms with Crippen molar-refractivity contribution in [2.24, 2.45) is 11.8 Å². The molecule has 3 N–H and O–H groups in total. The lowest BCUT2D eigenvalue weighted by molar-refractivity contribution is -0.146. The van der Waals surface area contributed by atoms with Crippen LogP contribution in [0.1, 0.15) is 38.2 Å². The van der Waals surface area contributed by atoms with Gasteiger partial charge in [-0.25, -0.2) is 0 Å². The Morgan fingerprint density at radius 3 is 2.28 bits per heavy atom. The Kier molecular flexibility index (Phi) is 6.33. The van der Waals surface area contributed by atoms with E-state index in [4.69, 9.17) is 0 Å². The molecule has 0 saturated heterocycles. The van der Waals surface area contributed by atoms with Gasteiger partial charge in [0.1, 0.15) is 0 Å². The molecule has 6 nitrogen and oxygen atoms in total. The van der Waals surface area contributed by atoms with Gasteiger partial charge in [0.25, 0.3) is 0 Å². The average Bonchev–Trinajstić information content (AvgIpc) is 2.58. The van der Waals surface area contributed by atoms with Crippen LogP contribution in [0.2, 0.25) is 0 Å². The van der Waals surface area contributed by atoms with Gasteiger partial charge in [-0.2, -0.15) is 0 Å². The average molecular weight is 344 g/mol. The number of carboxylic acid groups (broad SMARTS) is 1. The van der Waals surface area contributed by atoms with Crippen molar-refractivity contribution >= 4 is 29.2 Å². The number of carboxylic acids is 1. The first-order valence-corrected chi connectivity index (χ1v) is 8.52. The van der Waals surface area contributed by atoms with E-state index in [0.717, 1.165) is 12.0 Å². The van der Waals surface area contributed by atoms with Gasteiger partial charge in [-0.05, 0) is 43.9 Å². The molecule has 0 heterocycles. The van der Waals surface area contributed by atoms with Gasteiger partial charge in [0.15, 0.2) is 0 Å². The van der Waals surface area contributed by atoms with Crippen molar-refractivity contribution in [1.82, 2.24) is 0 Å². The molecule has 2 atom stereocenters. The molecule has 6 heteroatoms. The Labute approximate surface area is 147 Å². The Morgan fingerprint density at radius 2 is 1.68 bits per heavy atom. The molecule has 0 bridgehead atoms. The summed E-state index contributed by atoms with van der Waals surface area (Å²) in [4.78, 5) is 35.7. The summed E-state index contributed by atoms with van der Waals surface area (Å²) in [5.41, 5.74) is 1.98. The predicted molar refractivity (Wildman–Crippen MR) is 96.3 cm³/mol. The fourth-order valence-corrected chi connectivity index (χ4v) is 2.95. The van der Waals surface area contributed by atoms with Gasteiger partial charge in [0.2, 0.25) is 11.8 Å². The number of amides is 2. The van der Waals surface area contributed by atoms with Crippen LogP contribution in [0, 0.1) is 18.8 Å². The summed E-state index contributed by atoms with van der Waals surface area (Å²) < 4.78 is 0. The lowest BCUT2D eigenvalue weighted by Gasteiger charge is -2.24. The largest absolute Gasteiger partial charge is 0.481 e. The number of carbonyl (C=O) groups excluding carboxylic acids is 2. The van der Waals surface area contributed by atoms with Crippen LogP contribution >= 0.6 is 0 Å². The van der Waals surface area contributed by atoms with Crippen LogP contribution in [-0.2, 0) is 14.4 Å². The number of aliphatic carboxylic acids is 1. The first-order chi connectivity index (χ1) is 11.9. The van der Waals surface area contributed by atoms with Crippen molar-refractivity contribution < 1.29 is 19.5 Å². The van der Waals surface area contributed by atoms with Crippen LogP contribution in [0.4, 0.5) is 11.4 Å². The van der Waals surface area contributed by atoms with Crippen molar-refractivity contribution in [3.63, 3.8) is 0 Å². The molecule has 1 aromatic carbocycles. The fourth-order valence-electron chi connectivity index (χ4n) is 2.95. The van der Waals surface area contributed by atoms with Crippen molar-refractivity contribution in [3.8, 4) is 0 Å². The standard InChI is InChI=1S/C19H24N2O4/c1-3-7-17(22)20-15-10-6-11-16(12(15)2)21-18(23)13-8-4-5-9-14(13)19(24)25/h4-6,10-11,13-14H,3,7-9H2,1-2H3,(H,20,22)(H,21,23)(H,24,25). The van der Waals surface area contributed by atoms with Gasteiger partial charge in [-0.15, -0.1) is 0 Å². The fraction of sp³-hybridized carbons (Fsp3) is 0.421. The van der Waals surface area contributed by atoms with Gasteiger partial charge >= 0.3 is 5.97 Å². The second-order valence-electron chi connectivity index (χ2n) is 6.26. The zero-order valence-corrected chi connectivity index (χ0v) is 14.5. The molecule has 1 aliphatic carbocycles. The minimum atomic E-state index is -0.957. The van der Waals surface area contributed by atoms with Gasteiger partial charge in [0, 0.05) is 17.8 Å². The van der Waals surface area contributed by atoms with E-state index in [1.54, 1.807) is 24.3 Å². The number of hydrogen-bond acceptors (Lipinski definition) is 3. The number of nitrogens with one attached hydrogen (secondary N) is 2. The third-order valence-electron chi connectivity index (χ3n) is 4.43. The maximum Gasteiger partial charge on any atom is 0.307 e. The van der Waals surface area contributed by atoms with Crippen molar-refractivity contribution in [1.29, 1.82) is 0 Å². The topological polar surface area (TPSA) is 95.5 Å². The minimum Gasteiger partial charge on any atom is -0.481 e. The molecule has 25 heavy (non-hydrogen) atoms. The van der Waals surface area contributed by atoms with Gasteiger partial charge in [0.05, 0.1) is 11.8 Å². The molecule has 0 saturated carbocycles. The SMILES string of the molecule is CCCC(=O)Nc1cccc(NC(=O)C2CC=CCC2C(=O)O)c1C. The summed E-state index contributed by atoms with van der Waals surface area (Å²) in [5.74, 6) is -2.64. The summed E-state index contributed by atoms with van der Waals surface area (Å²) in [6.07, 6.45) is 5.61. The number of benzene rings is 1. The number of carbonyl (C=O) groups is 3. The second-order valence-corrected chi connectivity index (χ2v) is 6.26. The van der Waals surface area contributed by atoms with Gasteiger partial charge in [-0.3, -0.25) is 14.4 Å². The van der Waals surface area contributed by atoms with Gasteiger partial charge in [-0.1, -0.05) is 25.1 Å². The zero-order valence-electron chi connectivity index (χ0n) is 14.5. The molecular weight excluding hydrogens is 320 g/mol. The van der Waals surface area contributed by atoms with Crippen molar-refractivity contribution in [3.05, 3.63) is 35.9 Å². The maximum atomic E-state index is 12.6. The summed E-state index contributed by atoms with van der Waals surface area (Å²) in [6, 6.07) is 5.28. The lowest BCUT2D eigenvalue weighted by Crippen LogP contribution is -2.34. The molecule has 2 unspecified atom stereocenters. The lowest BCUT2D eigenvalue weighted by atomic mass is 9.82. The summed E-state index contributed by atoms with van der Waals surface area (Å²) in [7, 11) is 0. The maximum absolute atomic E-state index is 12.6. The van der Waals surface area contributed by atoms with Crippen LogP contribution in [0.15, 0.2) is 30.4 Å². The first-order valence-electron chi connectivity index (χ1n) is 8.52. The quantitative estimate of drug-likeness (QED) is 0.690. The molecule has 0 radical (unpaired) electrons. The third-order valence-corrected chi connectivity index (χ3v) is 4.43. The van der Waals surface area contributed by atoms with Crippen molar-refractivity contribution in [2.45, 2.75) is 39.5 Å². The van der Waals surface area contributed by atoms with Crippen LogP contribution in [0.3, 0.4) is 0 Å². The van der Waals surface area contributed by atoms with E-state index in [2.05, 4.69) is 10.6 Å². The summed E-state index contributed by atoms with van der Waals surface area (Å²) in [6.45, 7) is 3.74. The highest BCUT2D eigenvalue weighted by Gasteiger charge is 2.34. The van der Waals surface area contributed by atoms with Gasteiger partial charge < -0.3 is 15.7 Å². The summed E-state index contributed by atoms with van der Waals surface area (Å²) in [5, 5.41) is 15.0. The Bertz CT molecular complexity index is 697. The van der Waals surface area contributed by atoms with E-state index in [-0.39, 0.29) is 11.8 Å². The highest BCUT2D eigenvalue weighted by molar-refractivity contribution is 5.98. The van der Waals surface area contributed by atoms with E-state index < -0.39 is 17.8 Å². The Balaban J connectivity index is 2.14. The number of hydrogen-bond donors (Lipinski definition) is 3. The van der Waals surface area contributed by atoms with Crippen molar-refractivity contribution in [2.75, 3.05) is 10.6 Å². The predicted octanol–water partition coefficient (Wildman–Crippen LogP) is 3.34. The molecule has 0 fully saturated rings. The molecule has 2 amide bonds. The highest BCUT2D eigenvalue weighted by atomic mass is 16.4. The number of rotatable bonds is 6. The smallest absolute Gasteiger partial charge is 0.307 e. The normalized spacial score (nSPS) is 19.3. The van der Waals surface area contributed by atoms with Crippen LogP contribution < -0.4 is 10.6 Å².